The van der Waals surface area contributed by atoms with Crippen LogP contribution in [0.3, 0.4) is 0 Å². The number of hydrogen-bond donors (Lipinski definition) is 2. The molecule has 146 valence electrons. The lowest BCUT2D eigenvalue weighted by Gasteiger charge is -2.24. The maximum atomic E-state index is 12.6. The van der Waals surface area contributed by atoms with Gasteiger partial charge in [-0.2, -0.15) is 0 Å². The number of hydrogen-bond acceptors (Lipinski definition) is 3. The van der Waals surface area contributed by atoms with Gasteiger partial charge in [0.1, 0.15) is 6.54 Å². The highest BCUT2D eigenvalue weighted by Crippen LogP contribution is 2.59. The van der Waals surface area contributed by atoms with E-state index in [0.717, 1.165) is 6.42 Å². The van der Waals surface area contributed by atoms with Crippen LogP contribution in [0.1, 0.15) is 12.0 Å². The third-order valence-electron chi connectivity index (χ3n) is 6.01. The molecule has 4 rings (SSSR count). The summed E-state index contributed by atoms with van der Waals surface area (Å²) in [6, 6.07) is 14.8. The number of likely N-dealkylation sites (N-methyl/N-ethyl adjacent to an activating group) is 1. The molecule has 2 N–H and O–H groups in total. The zero-order valence-electron chi connectivity index (χ0n) is 15.7. The van der Waals surface area contributed by atoms with Crippen LogP contribution in [-0.2, 0) is 15.0 Å². The van der Waals surface area contributed by atoms with Gasteiger partial charge in [-0.05, 0) is 28.7 Å². The number of rotatable bonds is 5. The van der Waals surface area contributed by atoms with Gasteiger partial charge in [0.25, 0.3) is 0 Å². The van der Waals surface area contributed by atoms with Gasteiger partial charge in [-0.25, -0.2) is 4.79 Å². The van der Waals surface area contributed by atoms with Crippen molar-refractivity contribution in [1.82, 2.24) is 15.1 Å². The Hall–Kier alpha value is -3.09. The van der Waals surface area contributed by atoms with Crippen molar-refractivity contribution in [2.24, 2.45) is 5.92 Å². The monoisotopic (exact) mass is 381 g/mol. The highest BCUT2D eigenvalue weighted by molar-refractivity contribution is 5.87. The number of likely N-dealkylation sites (tertiary alicyclic amines) is 1. The fourth-order valence-electron chi connectivity index (χ4n) is 4.30. The molecule has 0 bridgehead atoms. The Morgan fingerprint density at radius 3 is 2.71 bits per heavy atom. The largest absolute Gasteiger partial charge is 0.465 e. The summed E-state index contributed by atoms with van der Waals surface area (Å²) in [7, 11) is 1.51. The summed E-state index contributed by atoms with van der Waals surface area (Å²) in [5.41, 5.74) is 1.31. The second-order valence-electron chi connectivity index (χ2n) is 7.80. The number of carbonyl (C=O) groups excluding carboxylic acids is 2. The molecule has 2 atom stereocenters. The van der Waals surface area contributed by atoms with Crippen LogP contribution in [0.25, 0.3) is 10.8 Å². The van der Waals surface area contributed by atoms with Crippen molar-refractivity contribution in [3.8, 4) is 0 Å². The van der Waals surface area contributed by atoms with E-state index < -0.39 is 12.0 Å². The molecule has 0 aromatic heterocycles. The summed E-state index contributed by atoms with van der Waals surface area (Å²) in [6.07, 6.45) is -0.170. The van der Waals surface area contributed by atoms with Gasteiger partial charge in [0.15, 0.2) is 0 Å². The van der Waals surface area contributed by atoms with Gasteiger partial charge in [-0.1, -0.05) is 42.5 Å². The van der Waals surface area contributed by atoms with Crippen LogP contribution >= 0.6 is 0 Å². The molecule has 2 aliphatic rings. The van der Waals surface area contributed by atoms with E-state index in [0.29, 0.717) is 19.0 Å². The first-order valence-corrected chi connectivity index (χ1v) is 9.37. The number of fused-ring (bicyclic) bond motifs is 2. The molecule has 1 heterocycles. The van der Waals surface area contributed by atoms with Gasteiger partial charge in [0.2, 0.25) is 11.8 Å². The molecule has 0 radical (unpaired) electrons. The van der Waals surface area contributed by atoms with E-state index in [-0.39, 0.29) is 24.4 Å². The van der Waals surface area contributed by atoms with Crippen LogP contribution < -0.4 is 5.32 Å². The van der Waals surface area contributed by atoms with Gasteiger partial charge in [0, 0.05) is 25.6 Å². The Morgan fingerprint density at radius 2 is 1.96 bits per heavy atom. The van der Waals surface area contributed by atoms with Crippen LogP contribution in [0.2, 0.25) is 0 Å². The predicted molar refractivity (Wildman–Crippen MR) is 104 cm³/mol. The molecule has 1 saturated heterocycles. The smallest absolute Gasteiger partial charge is 0.405 e. The van der Waals surface area contributed by atoms with Gasteiger partial charge in [-0.3, -0.25) is 9.59 Å². The first kappa shape index (κ1) is 18.3. The molecule has 2 aromatic rings. The lowest BCUT2D eigenvalue weighted by Crippen LogP contribution is -2.44. The molecule has 0 unspecified atom stereocenters. The van der Waals surface area contributed by atoms with E-state index in [1.807, 2.05) is 22.3 Å². The van der Waals surface area contributed by atoms with Crippen LogP contribution in [0, 0.1) is 5.92 Å². The number of nitrogens with zero attached hydrogens (tertiary/aromatic N) is 2. The number of benzene rings is 2. The lowest BCUT2D eigenvalue weighted by atomic mass is 9.93. The minimum absolute atomic E-state index is 0.0349. The standard InChI is InChI=1S/C21H23N3O4/c1-23(18(25)10-22-20(27)28)12-19(26)24-11-17-9-21(17,13-24)16-7-6-14-4-2-3-5-15(14)8-16/h2-8,17,22H,9-13H2,1H3,(H,27,28)/t17-,21+/m1/s1. The van der Waals surface area contributed by atoms with Gasteiger partial charge < -0.3 is 20.2 Å². The van der Waals surface area contributed by atoms with Crippen molar-refractivity contribution in [2.75, 3.05) is 33.2 Å². The normalized spacial score (nSPS) is 22.6. The lowest BCUT2D eigenvalue weighted by molar-refractivity contribution is -0.138. The highest BCUT2D eigenvalue weighted by Gasteiger charge is 2.61. The average Bonchev–Trinajstić information content (AvgIpc) is 3.26. The second kappa shape index (κ2) is 6.82. The molecule has 28 heavy (non-hydrogen) atoms. The minimum atomic E-state index is -1.26. The molecular formula is C21H23N3O4. The predicted octanol–water partition coefficient (Wildman–Crippen LogP) is 1.67. The molecule has 2 fully saturated rings. The van der Waals surface area contributed by atoms with Crippen molar-refractivity contribution in [1.29, 1.82) is 0 Å². The van der Waals surface area contributed by atoms with Crippen LogP contribution in [0.5, 0.6) is 0 Å². The van der Waals surface area contributed by atoms with Gasteiger partial charge >= 0.3 is 6.09 Å². The molecular weight excluding hydrogens is 358 g/mol. The van der Waals surface area contributed by atoms with Gasteiger partial charge in [-0.15, -0.1) is 0 Å². The number of nitrogens with one attached hydrogen (secondary N) is 1. The molecule has 1 aliphatic heterocycles. The molecule has 0 spiro atoms. The minimum Gasteiger partial charge on any atom is -0.465 e. The Kier molecular flexibility index (Phi) is 4.45. The molecule has 7 heteroatoms. The Morgan fingerprint density at radius 1 is 1.21 bits per heavy atom. The third kappa shape index (κ3) is 3.28. The second-order valence-corrected chi connectivity index (χ2v) is 7.80. The summed E-state index contributed by atoms with van der Waals surface area (Å²) in [4.78, 5) is 38.1. The fourth-order valence-corrected chi connectivity index (χ4v) is 4.30. The fraction of sp³-hybridized carbons (Fsp3) is 0.381. The molecule has 7 nitrogen and oxygen atoms in total. The molecule has 1 saturated carbocycles. The van der Waals surface area contributed by atoms with E-state index in [1.54, 1.807) is 0 Å². The van der Waals surface area contributed by atoms with Crippen molar-refractivity contribution in [2.45, 2.75) is 11.8 Å². The average molecular weight is 381 g/mol. The maximum Gasteiger partial charge on any atom is 0.405 e. The number of amides is 3. The maximum absolute atomic E-state index is 12.6. The van der Waals surface area contributed by atoms with E-state index in [9.17, 15) is 14.4 Å². The zero-order valence-corrected chi connectivity index (χ0v) is 15.7. The van der Waals surface area contributed by atoms with E-state index in [1.165, 1.54) is 28.3 Å². The summed E-state index contributed by atoms with van der Waals surface area (Å²) in [6.45, 7) is 1.01. The van der Waals surface area contributed by atoms with E-state index in [4.69, 9.17) is 5.11 Å². The first-order valence-electron chi connectivity index (χ1n) is 9.37. The summed E-state index contributed by atoms with van der Waals surface area (Å²) < 4.78 is 0. The summed E-state index contributed by atoms with van der Waals surface area (Å²) >= 11 is 0. The van der Waals surface area contributed by atoms with Gasteiger partial charge in [0.05, 0.1) is 6.54 Å². The number of piperidine rings is 1. The zero-order chi connectivity index (χ0) is 19.9. The summed E-state index contributed by atoms with van der Waals surface area (Å²) in [5.74, 6) is -0.0600. The SMILES string of the molecule is CN(CC(=O)N1C[C@H]2C[C@@]2(c2ccc3ccccc3c2)C1)C(=O)CNC(=O)O. The van der Waals surface area contributed by atoms with Crippen molar-refractivity contribution < 1.29 is 19.5 Å². The number of carboxylic acid groups (broad SMARTS) is 1. The Labute approximate surface area is 162 Å². The van der Waals surface area contributed by atoms with E-state index >= 15 is 0 Å². The molecule has 3 amide bonds. The van der Waals surface area contributed by atoms with Crippen LogP contribution in [0.4, 0.5) is 4.79 Å². The summed E-state index contributed by atoms with van der Waals surface area (Å²) in [5, 5.41) is 13.0. The molecule has 1 aliphatic carbocycles. The highest BCUT2D eigenvalue weighted by atomic mass is 16.4. The van der Waals surface area contributed by atoms with Crippen LogP contribution in [-0.4, -0.2) is 66.0 Å². The third-order valence-corrected chi connectivity index (χ3v) is 6.01. The first-order chi connectivity index (χ1) is 13.4. The Balaban J connectivity index is 1.40. The van der Waals surface area contributed by atoms with Crippen molar-refractivity contribution in [3.63, 3.8) is 0 Å². The van der Waals surface area contributed by atoms with Crippen molar-refractivity contribution in [3.05, 3.63) is 48.0 Å². The quantitative estimate of drug-likeness (QED) is 0.824. The van der Waals surface area contributed by atoms with Crippen molar-refractivity contribution >= 4 is 28.7 Å². The molecule has 2 aromatic carbocycles. The van der Waals surface area contributed by atoms with E-state index in [2.05, 4.69) is 30.3 Å². The number of carbonyl (C=O) groups is 3. The Bertz CT molecular complexity index is 960. The van der Waals surface area contributed by atoms with Crippen LogP contribution in [0.15, 0.2) is 42.5 Å². The topological polar surface area (TPSA) is 90.0 Å².